The Hall–Kier alpha value is -0.990. The van der Waals surface area contributed by atoms with Crippen molar-refractivity contribution in [2.24, 2.45) is 11.8 Å². The minimum absolute atomic E-state index is 0.0169. The number of piperidine rings is 1. The second-order valence-corrected chi connectivity index (χ2v) is 9.95. The summed E-state index contributed by atoms with van der Waals surface area (Å²) < 4.78 is 0. The average Bonchev–Trinajstić information content (AvgIpc) is 3.11. The molecular weight excluding hydrogens is 400 g/mol. The van der Waals surface area contributed by atoms with Crippen molar-refractivity contribution in [1.82, 2.24) is 21.3 Å². The highest BCUT2D eigenvalue weighted by Gasteiger charge is 2.37. The van der Waals surface area contributed by atoms with Crippen molar-refractivity contribution in [1.29, 1.82) is 0 Å². The molecule has 2 saturated heterocycles. The predicted molar refractivity (Wildman–Crippen MR) is 111 cm³/mol. The van der Waals surface area contributed by atoms with E-state index in [9.17, 15) is 14.4 Å². The first kappa shape index (κ1) is 21.7. The number of rotatable bonds is 5. The predicted octanol–water partition coefficient (Wildman–Crippen LogP) is 1.31. The Morgan fingerprint density at radius 3 is 2.43 bits per heavy atom. The first-order chi connectivity index (χ1) is 13.4. The van der Waals surface area contributed by atoms with Crippen LogP contribution in [0.2, 0.25) is 0 Å². The van der Waals surface area contributed by atoms with Crippen LogP contribution < -0.4 is 21.3 Å². The van der Waals surface area contributed by atoms with Gasteiger partial charge in [-0.3, -0.25) is 19.7 Å². The van der Waals surface area contributed by atoms with Crippen molar-refractivity contribution in [3.63, 3.8) is 0 Å². The Morgan fingerprint density at radius 2 is 1.71 bits per heavy atom. The van der Waals surface area contributed by atoms with E-state index in [-0.39, 0.29) is 52.5 Å². The van der Waals surface area contributed by atoms with E-state index in [2.05, 4.69) is 21.3 Å². The van der Waals surface area contributed by atoms with E-state index in [1.165, 1.54) is 6.92 Å². The van der Waals surface area contributed by atoms with E-state index in [4.69, 9.17) is 11.6 Å². The third-order valence-electron chi connectivity index (χ3n) is 5.87. The first-order valence-corrected chi connectivity index (χ1v) is 11.8. The van der Waals surface area contributed by atoms with Crippen molar-refractivity contribution in [2.75, 3.05) is 12.3 Å². The molecule has 3 aliphatic rings. The maximum atomic E-state index is 12.8. The van der Waals surface area contributed by atoms with Gasteiger partial charge in [-0.1, -0.05) is 0 Å². The summed E-state index contributed by atoms with van der Waals surface area (Å²) in [4.78, 5) is 36.8. The van der Waals surface area contributed by atoms with E-state index < -0.39 is 0 Å². The number of thioether (sulfide) groups is 1. The van der Waals surface area contributed by atoms with Crippen LogP contribution in [-0.2, 0) is 14.4 Å². The number of carbonyl (C=O) groups excluding carboxylic acids is 3. The van der Waals surface area contributed by atoms with E-state index in [0.29, 0.717) is 13.0 Å². The van der Waals surface area contributed by atoms with Gasteiger partial charge in [0.1, 0.15) is 0 Å². The zero-order valence-corrected chi connectivity index (χ0v) is 17.9. The van der Waals surface area contributed by atoms with Gasteiger partial charge in [-0.2, -0.15) is 0 Å². The maximum Gasteiger partial charge on any atom is 0.226 e. The fourth-order valence-electron chi connectivity index (χ4n) is 4.27. The molecular formula is C19H31ClN4O3S. The lowest BCUT2D eigenvalue weighted by molar-refractivity contribution is -0.129. The summed E-state index contributed by atoms with van der Waals surface area (Å²) >= 11 is 7.79. The van der Waals surface area contributed by atoms with E-state index >= 15 is 0 Å². The smallest absolute Gasteiger partial charge is 0.226 e. The summed E-state index contributed by atoms with van der Waals surface area (Å²) in [6.45, 7) is 2.16. The Kier molecular flexibility index (Phi) is 7.88. The van der Waals surface area contributed by atoms with Gasteiger partial charge in [0.25, 0.3) is 0 Å². The van der Waals surface area contributed by atoms with Crippen LogP contribution in [0.15, 0.2) is 0 Å². The van der Waals surface area contributed by atoms with Gasteiger partial charge in [-0.25, -0.2) is 0 Å². The van der Waals surface area contributed by atoms with Gasteiger partial charge < -0.3 is 16.0 Å². The third kappa shape index (κ3) is 6.00. The van der Waals surface area contributed by atoms with Crippen LogP contribution in [0, 0.1) is 11.8 Å². The SMILES string of the molecule is CC(=O)NC1CC(C(=O)NC2SCCC2C(=O)NC2CCC(Cl)CC2)CCN1. The number of carbonyl (C=O) groups is 3. The molecule has 3 rings (SSSR count). The van der Waals surface area contributed by atoms with Gasteiger partial charge in [0.15, 0.2) is 0 Å². The van der Waals surface area contributed by atoms with Crippen LogP contribution in [0.1, 0.15) is 51.9 Å². The largest absolute Gasteiger partial charge is 0.353 e. The first-order valence-electron chi connectivity index (χ1n) is 10.3. The lowest BCUT2D eigenvalue weighted by Gasteiger charge is -2.31. The molecule has 3 fully saturated rings. The molecule has 0 aromatic rings. The lowest BCUT2D eigenvalue weighted by Crippen LogP contribution is -2.53. The van der Waals surface area contributed by atoms with Crippen molar-refractivity contribution < 1.29 is 14.4 Å². The van der Waals surface area contributed by atoms with Gasteiger partial charge in [0.2, 0.25) is 17.7 Å². The molecule has 0 aromatic carbocycles. The number of hydrogen-bond acceptors (Lipinski definition) is 5. The summed E-state index contributed by atoms with van der Waals surface area (Å²) in [5, 5.41) is 12.4. The van der Waals surface area contributed by atoms with Crippen molar-refractivity contribution in [2.45, 2.75) is 74.8 Å². The topological polar surface area (TPSA) is 99.3 Å². The molecule has 1 saturated carbocycles. The van der Waals surface area contributed by atoms with Crippen LogP contribution in [-0.4, -0.2) is 53.0 Å². The number of alkyl halides is 1. The zero-order valence-electron chi connectivity index (χ0n) is 16.3. The molecule has 28 heavy (non-hydrogen) atoms. The van der Waals surface area contributed by atoms with E-state index in [0.717, 1.165) is 44.3 Å². The number of amides is 3. The highest BCUT2D eigenvalue weighted by molar-refractivity contribution is 8.00. The molecule has 0 radical (unpaired) electrons. The van der Waals surface area contributed by atoms with Crippen LogP contribution >= 0.6 is 23.4 Å². The third-order valence-corrected chi connectivity index (χ3v) is 7.58. The van der Waals surface area contributed by atoms with E-state index in [1.807, 2.05) is 0 Å². The normalized spacial score (nSPS) is 35.8. The minimum atomic E-state index is -0.185. The van der Waals surface area contributed by atoms with Gasteiger partial charge in [0, 0.05) is 24.3 Å². The number of hydrogen-bond donors (Lipinski definition) is 4. The Labute approximate surface area is 175 Å². The molecule has 7 nitrogen and oxygen atoms in total. The molecule has 1 aliphatic carbocycles. The standard InChI is InChI=1S/C19H31ClN4O3S/c1-11(25)22-16-10-12(6-8-21-16)17(26)24-19-15(7-9-28-19)18(27)23-14-4-2-13(20)3-5-14/h12-16,19,21H,2-10H2,1H3,(H,22,25)(H,23,27)(H,24,26). The van der Waals surface area contributed by atoms with Crippen molar-refractivity contribution in [3.05, 3.63) is 0 Å². The molecule has 2 heterocycles. The summed E-state index contributed by atoms with van der Waals surface area (Å²) in [6.07, 6.45) is 5.66. The van der Waals surface area contributed by atoms with Gasteiger partial charge >= 0.3 is 0 Å². The van der Waals surface area contributed by atoms with Gasteiger partial charge in [-0.05, 0) is 57.2 Å². The van der Waals surface area contributed by atoms with Gasteiger partial charge in [0.05, 0.1) is 17.5 Å². The maximum absolute atomic E-state index is 12.8. The minimum Gasteiger partial charge on any atom is -0.353 e. The van der Waals surface area contributed by atoms with Crippen LogP contribution in [0.3, 0.4) is 0 Å². The Balaban J connectivity index is 1.49. The summed E-state index contributed by atoms with van der Waals surface area (Å²) in [7, 11) is 0. The molecule has 9 heteroatoms. The number of nitrogens with one attached hydrogen (secondary N) is 4. The summed E-state index contributed by atoms with van der Waals surface area (Å²) in [5.74, 6) is 0.465. The highest BCUT2D eigenvalue weighted by Crippen LogP contribution is 2.32. The molecule has 4 atom stereocenters. The molecule has 158 valence electrons. The molecule has 2 aliphatic heterocycles. The van der Waals surface area contributed by atoms with Crippen LogP contribution in [0.5, 0.6) is 0 Å². The fraction of sp³-hybridized carbons (Fsp3) is 0.842. The van der Waals surface area contributed by atoms with Gasteiger partial charge in [-0.15, -0.1) is 23.4 Å². The number of halogens is 1. The van der Waals surface area contributed by atoms with E-state index in [1.54, 1.807) is 11.8 Å². The molecule has 4 unspecified atom stereocenters. The second kappa shape index (κ2) is 10.2. The monoisotopic (exact) mass is 430 g/mol. The molecule has 3 amide bonds. The quantitative estimate of drug-likeness (QED) is 0.493. The highest BCUT2D eigenvalue weighted by atomic mass is 35.5. The molecule has 0 spiro atoms. The Bertz CT molecular complexity index is 586. The molecule has 0 bridgehead atoms. The molecule has 4 N–H and O–H groups in total. The zero-order chi connectivity index (χ0) is 20.1. The van der Waals surface area contributed by atoms with Crippen LogP contribution in [0.25, 0.3) is 0 Å². The fourth-order valence-corrected chi connectivity index (χ4v) is 5.86. The second-order valence-electron chi connectivity index (χ2n) is 8.08. The Morgan fingerprint density at radius 1 is 0.964 bits per heavy atom. The lowest BCUT2D eigenvalue weighted by atomic mass is 9.93. The summed E-state index contributed by atoms with van der Waals surface area (Å²) in [6, 6.07) is 0.201. The summed E-state index contributed by atoms with van der Waals surface area (Å²) in [5.41, 5.74) is 0. The van der Waals surface area contributed by atoms with Crippen molar-refractivity contribution in [3.8, 4) is 0 Å². The molecule has 0 aromatic heterocycles. The van der Waals surface area contributed by atoms with Crippen LogP contribution in [0.4, 0.5) is 0 Å². The average molecular weight is 431 g/mol. The van der Waals surface area contributed by atoms with Crippen molar-refractivity contribution >= 4 is 41.1 Å².